The predicted octanol–water partition coefficient (Wildman–Crippen LogP) is 6.28. The monoisotopic (exact) mass is 420 g/mol. The minimum atomic E-state index is -0.840. The smallest absolute Gasteiger partial charge is 0.165 e. The van der Waals surface area contributed by atoms with Gasteiger partial charge in [0.15, 0.2) is 11.6 Å². The van der Waals surface area contributed by atoms with Crippen molar-refractivity contribution >= 4 is 29.1 Å². The number of halogens is 2. The van der Waals surface area contributed by atoms with Crippen LogP contribution >= 0.6 is 18.5 Å². The lowest BCUT2D eigenvalue weighted by molar-refractivity contribution is 0.515. The molecule has 0 bridgehead atoms. The summed E-state index contributed by atoms with van der Waals surface area (Å²) in [6, 6.07) is 25.8. The van der Waals surface area contributed by atoms with Crippen LogP contribution in [-0.4, -0.2) is 0 Å². The summed E-state index contributed by atoms with van der Waals surface area (Å²) in [4.78, 5) is 0. The number of aryl methyl sites for hydroxylation is 1. The van der Waals surface area contributed by atoms with Crippen molar-refractivity contribution in [2.75, 3.05) is 0 Å². The molecule has 0 radical (unpaired) electrons. The van der Waals surface area contributed by atoms with Gasteiger partial charge in [0, 0.05) is 5.30 Å². The first kappa shape index (κ1) is 19.9. The van der Waals surface area contributed by atoms with Crippen molar-refractivity contribution in [2.24, 2.45) is 0 Å². The predicted molar refractivity (Wildman–Crippen MR) is 126 cm³/mol. The lowest BCUT2D eigenvalue weighted by Crippen LogP contribution is -2.05. The minimum Gasteiger partial charge on any atom is -0.204 e. The molecule has 4 heteroatoms. The number of benzene rings is 4. The van der Waals surface area contributed by atoms with E-state index < -0.39 is 11.6 Å². The van der Waals surface area contributed by atoms with Gasteiger partial charge in [0.1, 0.15) is 0 Å². The van der Waals surface area contributed by atoms with E-state index in [0.29, 0.717) is 5.56 Å². The van der Waals surface area contributed by atoms with Gasteiger partial charge < -0.3 is 0 Å². The fourth-order valence-corrected chi connectivity index (χ4v) is 4.13. The van der Waals surface area contributed by atoms with E-state index in [9.17, 15) is 8.78 Å². The molecule has 4 aromatic carbocycles. The maximum atomic E-state index is 13.8. The molecule has 4 aromatic rings. The van der Waals surface area contributed by atoms with Crippen molar-refractivity contribution in [1.82, 2.24) is 0 Å². The molecule has 0 fully saturated rings. The van der Waals surface area contributed by atoms with Crippen LogP contribution in [0.15, 0.2) is 78.9 Å². The normalized spacial score (nSPS) is 10.9. The molecule has 0 aliphatic carbocycles. The molecule has 0 aliphatic heterocycles. The van der Waals surface area contributed by atoms with E-state index in [2.05, 4.69) is 73.9 Å². The van der Waals surface area contributed by atoms with E-state index in [1.165, 1.54) is 22.8 Å². The third kappa shape index (κ3) is 4.15. The van der Waals surface area contributed by atoms with Gasteiger partial charge in [0.2, 0.25) is 0 Å². The Morgan fingerprint density at radius 3 is 1.59 bits per heavy atom. The van der Waals surface area contributed by atoms with Crippen molar-refractivity contribution in [3.05, 3.63) is 96.1 Å². The van der Waals surface area contributed by atoms with Crippen molar-refractivity contribution in [1.29, 1.82) is 0 Å². The minimum absolute atomic E-state index is 0.222. The molecule has 0 aliphatic rings. The Balaban J connectivity index is 1.65. The van der Waals surface area contributed by atoms with Gasteiger partial charge in [0.25, 0.3) is 0 Å². The first-order chi connectivity index (χ1) is 13.9. The lowest BCUT2D eigenvalue weighted by Gasteiger charge is -2.11. The van der Waals surface area contributed by atoms with Crippen LogP contribution in [-0.2, 0) is 0 Å². The van der Waals surface area contributed by atoms with Crippen molar-refractivity contribution in [2.45, 2.75) is 6.92 Å². The van der Waals surface area contributed by atoms with Crippen molar-refractivity contribution < 1.29 is 8.78 Å². The summed E-state index contributed by atoms with van der Waals surface area (Å²) in [6.45, 7) is 2.08. The fraction of sp³-hybridized carbons (Fsp3) is 0.0400. The largest absolute Gasteiger partial charge is 0.204 e. The van der Waals surface area contributed by atoms with Gasteiger partial charge in [-0.25, -0.2) is 8.78 Å². The molecule has 2 atom stereocenters. The number of hydrogen-bond donors (Lipinski definition) is 0. The highest BCUT2D eigenvalue weighted by molar-refractivity contribution is 7.28. The zero-order valence-corrected chi connectivity index (χ0v) is 18.2. The standard InChI is InChI=1S/C25H20F2P2/c1-15-2-4-16(5-3-15)17-6-8-18(9-7-17)19-10-11-21(23(28)13-19)20-12-22(26)25(27)24(29)14-20/h2-14H,28-29H2,1H3. The van der Waals surface area contributed by atoms with Crippen LogP contribution in [0.4, 0.5) is 8.78 Å². The van der Waals surface area contributed by atoms with Crippen molar-refractivity contribution in [3.63, 3.8) is 0 Å². The van der Waals surface area contributed by atoms with Crippen LogP contribution in [0.1, 0.15) is 5.56 Å². The summed E-state index contributed by atoms with van der Waals surface area (Å²) in [7, 11) is 4.94. The van der Waals surface area contributed by atoms with Crippen LogP contribution in [0.3, 0.4) is 0 Å². The summed E-state index contributed by atoms with van der Waals surface area (Å²) in [5, 5.41) is 1.15. The molecule has 0 nitrogen and oxygen atoms in total. The van der Waals surface area contributed by atoms with Gasteiger partial charge in [-0.1, -0.05) is 66.2 Å². The third-order valence-corrected chi connectivity index (χ3v) is 5.92. The topological polar surface area (TPSA) is 0 Å². The fourth-order valence-electron chi connectivity index (χ4n) is 3.37. The van der Waals surface area contributed by atoms with E-state index in [-0.39, 0.29) is 5.30 Å². The summed E-state index contributed by atoms with van der Waals surface area (Å²) in [5.41, 5.74) is 7.30. The Morgan fingerprint density at radius 1 is 0.552 bits per heavy atom. The summed E-state index contributed by atoms with van der Waals surface area (Å²) < 4.78 is 27.4. The average Bonchev–Trinajstić information content (AvgIpc) is 2.72. The molecular weight excluding hydrogens is 400 g/mol. The van der Waals surface area contributed by atoms with Crippen molar-refractivity contribution in [3.8, 4) is 33.4 Å². The maximum Gasteiger partial charge on any atom is 0.165 e. The van der Waals surface area contributed by atoms with Crippen LogP contribution in [0.2, 0.25) is 0 Å². The summed E-state index contributed by atoms with van der Waals surface area (Å²) in [6.07, 6.45) is 0. The van der Waals surface area contributed by atoms with Gasteiger partial charge in [0.05, 0.1) is 0 Å². The molecule has 0 spiro atoms. The Morgan fingerprint density at radius 2 is 1.03 bits per heavy atom. The SMILES string of the molecule is Cc1ccc(-c2ccc(-c3ccc(-c4cc(F)c(F)c(P)c4)c(P)c3)cc2)cc1. The first-order valence-corrected chi connectivity index (χ1v) is 10.4. The van der Waals surface area contributed by atoms with E-state index in [0.717, 1.165) is 22.0 Å². The zero-order valence-electron chi connectivity index (χ0n) is 15.9. The van der Waals surface area contributed by atoms with Crippen LogP contribution in [0.5, 0.6) is 0 Å². The molecule has 0 saturated carbocycles. The van der Waals surface area contributed by atoms with Crippen LogP contribution < -0.4 is 10.6 Å². The number of rotatable bonds is 3. The molecule has 144 valence electrons. The molecule has 0 N–H and O–H groups in total. The molecule has 29 heavy (non-hydrogen) atoms. The van der Waals surface area contributed by atoms with Gasteiger partial charge in [-0.3, -0.25) is 0 Å². The average molecular weight is 420 g/mol. The molecule has 0 aromatic heterocycles. The van der Waals surface area contributed by atoms with Gasteiger partial charge in [-0.2, -0.15) is 0 Å². The second kappa shape index (κ2) is 8.15. The zero-order chi connectivity index (χ0) is 20.5. The summed E-state index contributed by atoms with van der Waals surface area (Å²) >= 11 is 0. The van der Waals surface area contributed by atoms with Gasteiger partial charge in [-0.15, -0.1) is 18.5 Å². The molecule has 0 saturated heterocycles. The highest BCUT2D eigenvalue weighted by Gasteiger charge is 2.11. The maximum absolute atomic E-state index is 13.8. The second-order valence-electron chi connectivity index (χ2n) is 7.11. The van der Waals surface area contributed by atoms with Gasteiger partial charge in [-0.05, 0) is 63.8 Å². The van der Waals surface area contributed by atoms with E-state index in [1.807, 2.05) is 18.2 Å². The van der Waals surface area contributed by atoms with Crippen LogP contribution in [0, 0.1) is 18.6 Å². The molecule has 0 heterocycles. The quantitative estimate of drug-likeness (QED) is 0.343. The third-order valence-electron chi connectivity index (χ3n) is 5.02. The van der Waals surface area contributed by atoms with E-state index in [4.69, 9.17) is 0 Å². The highest BCUT2D eigenvalue weighted by atomic mass is 31.0. The van der Waals surface area contributed by atoms with E-state index >= 15 is 0 Å². The lowest BCUT2D eigenvalue weighted by atomic mass is 9.97. The number of hydrogen-bond acceptors (Lipinski definition) is 0. The van der Waals surface area contributed by atoms with Gasteiger partial charge >= 0.3 is 0 Å². The Kier molecular flexibility index (Phi) is 5.59. The van der Waals surface area contributed by atoms with Crippen LogP contribution in [0.25, 0.3) is 33.4 Å². The second-order valence-corrected chi connectivity index (χ2v) is 8.35. The molecule has 2 unspecified atom stereocenters. The Labute approximate surface area is 174 Å². The highest BCUT2D eigenvalue weighted by Crippen LogP contribution is 2.28. The molecule has 4 rings (SSSR count). The van der Waals surface area contributed by atoms with E-state index in [1.54, 1.807) is 6.07 Å². The molecule has 0 amide bonds. The Hall–Kier alpha value is -2.40. The summed E-state index contributed by atoms with van der Waals surface area (Å²) in [5.74, 6) is -1.66. The first-order valence-electron chi connectivity index (χ1n) is 9.24. The molecular formula is C25H20F2P2. The Bertz CT molecular complexity index is 1160.